The molecular formula is C26H30FN3O4S2. The number of aromatic nitrogens is 1. The lowest BCUT2D eigenvalue weighted by atomic mass is 9.98. The topological polar surface area (TPSA) is 79.8 Å². The van der Waals surface area contributed by atoms with Crippen LogP contribution in [0.2, 0.25) is 0 Å². The first-order chi connectivity index (χ1) is 17.2. The third kappa shape index (κ3) is 4.91. The van der Waals surface area contributed by atoms with E-state index in [9.17, 15) is 17.6 Å². The van der Waals surface area contributed by atoms with Gasteiger partial charge in [-0.1, -0.05) is 23.5 Å². The van der Waals surface area contributed by atoms with Crippen LogP contribution in [0, 0.1) is 25.6 Å². The number of carbonyl (C=O) groups excluding carboxylic acids is 1. The minimum Gasteiger partial charge on any atom is -0.376 e. The van der Waals surface area contributed by atoms with Crippen molar-refractivity contribution < 1.29 is 22.3 Å². The maximum atomic E-state index is 14.0. The summed E-state index contributed by atoms with van der Waals surface area (Å²) in [5.41, 5.74) is 3.05. The highest BCUT2D eigenvalue weighted by molar-refractivity contribution is 7.89. The number of rotatable bonds is 6. The molecule has 2 aliphatic heterocycles. The number of halogens is 1. The predicted molar refractivity (Wildman–Crippen MR) is 138 cm³/mol. The highest BCUT2D eigenvalue weighted by atomic mass is 32.2. The monoisotopic (exact) mass is 531 g/mol. The van der Waals surface area contributed by atoms with Crippen molar-refractivity contribution >= 4 is 42.6 Å². The van der Waals surface area contributed by atoms with Gasteiger partial charge in [-0.15, -0.1) is 0 Å². The van der Waals surface area contributed by atoms with E-state index in [2.05, 4.69) is 6.07 Å². The van der Waals surface area contributed by atoms with Gasteiger partial charge in [0.2, 0.25) is 15.9 Å². The number of aryl methyl sites for hydroxylation is 2. The fourth-order valence-electron chi connectivity index (χ4n) is 4.96. The molecule has 36 heavy (non-hydrogen) atoms. The summed E-state index contributed by atoms with van der Waals surface area (Å²) in [6.07, 6.45) is 2.94. The zero-order valence-electron chi connectivity index (χ0n) is 20.4. The first-order valence-corrected chi connectivity index (χ1v) is 14.5. The molecule has 2 fully saturated rings. The van der Waals surface area contributed by atoms with E-state index in [0.717, 1.165) is 46.3 Å². The van der Waals surface area contributed by atoms with Gasteiger partial charge in [-0.25, -0.2) is 17.8 Å². The molecule has 2 atom stereocenters. The maximum Gasteiger partial charge on any atom is 0.243 e. The van der Waals surface area contributed by atoms with E-state index < -0.39 is 21.8 Å². The van der Waals surface area contributed by atoms with Crippen LogP contribution in [0.3, 0.4) is 0 Å². The summed E-state index contributed by atoms with van der Waals surface area (Å²) >= 11 is 1.50. The number of thiazole rings is 1. The van der Waals surface area contributed by atoms with Crippen LogP contribution in [0.1, 0.15) is 36.8 Å². The number of ether oxygens (including phenoxy) is 1. The molecule has 2 aromatic carbocycles. The van der Waals surface area contributed by atoms with Gasteiger partial charge in [-0.05, 0) is 74.9 Å². The molecule has 0 saturated carbocycles. The van der Waals surface area contributed by atoms with Gasteiger partial charge in [0.25, 0.3) is 0 Å². The Kier molecular flexibility index (Phi) is 7.13. The van der Waals surface area contributed by atoms with Crippen LogP contribution in [0.5, 0.6) is 0 Å². The standard InChI is InChI=1S/C26H30FN3O4S2/c1-17-7-8-18(2)24-23(17)28-26(35-24)30(16-21-6-4-14-34-21)25(31)19-5-3-13-29(15-19)36(32,33)22-11-9-20(27)10-12-22/h7-12,19,21H,3-6,13-16H2,1-2H3. The van der Waals surface area contributed by atoms with Crippen molar-refractivity contribution in [2.75, 3.05) is 31.1 Å². The lowest BCUT2D eigenvalue weighted by molar-refractivity contribution is -0.123. The molecule has 1 amide bonds. The molecule has 1 aromatic heterocycles. The van der Waals surface area contributed by atoms with E-state index >= 15 is 0 Å². The number of hydrogen-bond acceptors (Lipinski definition) is 6. The van der Waals surface area contributed by atoms with Crippen molar-refractivity contribution in [2.45, 2.75) is 50.5 Å². The second-order valence-electron chi connectivity index (χ2n) is 9.61. The average Bonchev–Trinajstić information content (AvgIpc) is 3.56. The maximum absolute atomic E-state index is 14.0. The summed E-state index contributed by atoms with van der Waals surface area (Å²) in [5.74, 6) is -1.12. The Labute approximate surface area is 214 Å². The molecule has 10 heteroatoms. The Hall–Kier alpha value is -2.40. The van der Waals surface area contributed by atoms with Crippen LogP contribution in [0.15, 0.2) is 41.3 Å². The van der Waals surface area contributed by atoms with Gasteiger partial charge in [0.05, 0.1) is 33.7 Å². The number of benzene rings is 2. The normalized spacial score (nSPS) is 21.2. The fraction of sp³-hybridized carbons (Fsp3) is 0.462. The zero-order chi connectivity index (χ0) is 25.4. The molecule has 0 N–H and O–H groups in total. The number of anilines is 1. The van der Waals surface area contributed by atoms with Crippen molar-refractivity contribution in [1.29, 1.82) is 0 Å². The molecule has 0 spiro atoms. The minimum atomic E-state index is -3.83. The van der Waals surface area contributed by atoms with Gasteiger partial charge in [0.1, 0.15) is 5.82 Å². The molecule has 3 heterocycles. The molecule has 0 bridgehead atoms. The molecule has 2 aliphatic rings. The van der Waals surface area contributed by atoms with Crippen LogP contribution in [0.25, 0.3) is 10.2 Å². The highest BCUT2D eigenvalue weighted by Gasteiger charge is 2.37. The van der Waals surface area contributed by atoms with Crippen LogP contribution in [-0.2, 0) is 19.6 Å². The van der Waals surface area contributed by atoms with Crippen molar-refractivity contribution in [3.8, 4) is 0 Å². The average molecular weight is 532 g/mol. The Bertz CT molecular complexity index is 1330. The lowest BCUT2D eigenvalue weighted by Crippen LogP contribution is -2.48. The van der Waals surface area contributed by atoms with Crippen LogP contribution < -0.4 is 4.90 Å². The van der Waals surface area contributed by atoms with E-state index in [1.807, 2.05) is 19.9 Å². The van der Waals surface area contributed by atoms with Crippen molar-refractivity contribution in [1.82, 2.24) is 9.29 Å². The lowest BCUT2D eigenvalue weighted by Gasteiger charge is -2.34. The van der Waals surface area contributed by atoms with Crippen LogP contribution in [0.4, 0.5) is 9.52 Å². The zero-order valence-corrected chi connectivity index (χ0v) is 22.1. The van der Waals surface area contributed by atoms with Crippen molar-refractivity contribution in [3.63, 3.8) is 0 Å². The SMILES string of the molecule is Cc1ccc(C)c2sc(N(CC3CCCO3)C(=O)C3CCCN(S(=O)(=O)c4ccc(F)cc4)C3)nc12. The summed E-state index contributed by atoms with van der Waals surface area (Å²) in [6.45, 7) is 5.54. The van der Waals surface area contributed by atoms with Gasteiger partial charge in [0.15, 0.2) is 5.13 Å². The number of nitrogens with zero attached hydrogens (tertiary/aromatic N) is 3. The number of fused-ring (bicyclic) bond motifs is 1. The third-order valence-electron chi connectivity index (χ3n) is 7.02. The highest BCUT2D eigenvalue weighted by Crippen LogP contribution is 2.35. The van der Waals surface area contributed by atoms with Gasteiger partial charge >= 0.3 is 0 Å². The Morgan fingerprint density at radius 2 is 1.89 bits per heavy atom. The van der Waals surface area contributed by atoms with E-state index in [4.69, 9.17) is 9.72 Å². The summed E-state index contributed by atoms with van der Waals surface area (Å²) in [5, 5.41) is 0.626. The van der Waals surface area contributed by atoms with E-state index in [1.165, 1.54) is 27.8 Å². The Morgan fingerprint density at radius 3 is 2.58 bits per heavy atom. The quantitative estimate of drug-likeness (QED) is 0.462. The smallest absolute Gasteiger partial charge is 0.243 e. The van der Waals surface area contributed by atoms with Crippen molar-refractivity contribution in [2.24, 2.45) is 5.92 Å². The van der Waals surface area contributed by atoms with Crippen LogP contribution >= 0.6 is 11.3 Å². The Balaban J connectivity index is 1.44. The largest absolute Gasteiger partial charge is 0.376 e. The number of sulfonamides is 1. The summed E-state index contributed by atoms with van der Waals surface area (Å²) in [4.78, 5) is 20.6. The molecule has 2 saturated heterocycles. The molecule has 7 nitrogen and oxygen atoms in total. The molecule has 2 unspecified atom stereocenters. The van der Waals surface area contributed by atoms with Gasteiger partial charge in [-0.3, -0.25) is 9.69 Å². The summed E-state index contributed by atoms with van der Waals surface area (Å²) < 4.78 is 48.1. The molecular weight excluding hydrogens is 501 g/mol. The van der Waals surface area contributed by atoms with Gasteiger partial charge in [0, 0.05) is 19.7 Å². The van der Waals surface area contributed by atoms with Crippen LogP contribution in [-0.4, -0.2) is 56.0 Å². The number of piperidine rings is 1. The second kappa shape index (κ2) is 10.2. The van der Waals surface area contributed by atoms with Gasteiger partial charge in [-0.2, -0.15) is 4.31 Å². The van der Waals surface area contributed by atoms with E-state index in [0.29, 0.717) is 37.7 Å². The Morgan fingerprint density at radius 1 is 1.14 bits per heavy atom. The number of amides is 1. The first-order valence-electron chi connectivity index (χ1n) is 12.3. The molecule has 0 radical (unpaired) electrons. The number of hydrogen-bond donors (Lipinski definition) is 0. The molecule has 3 aromatic rings. The third-order valence-corrected chi connectivity index (χ3v) is 10.1. The summed E-state index contributed by atoms with van der Waals surface area (Å²) in [6, 6.07) is 8.91. The predicted octanol–water partition coefficient (Wildman–Crippen LogP) is 4.67. The fourth-order valence-corrected chi connectivity index (χ4v) is 7.61. The molecule has 0 aliphatic carbocycles. The molecule has 5 rings (SSSR count). The second-order valence-corrected chi connectivity index (χ2v) is 12.5. The summed E-state index contributed by atoms with van der Waals surface area (Å²) in [7, 11) is -3.83. The van der Waals surface area contributed by atoms with Crippen molar-refractivity contribution in [3.05, 3.63) is 53.3 Å². The molecule has 192 valence electrons. The van der Waals surface area contributed by atoms with E-state index in [1.54, 1.807) is 4.90 Å². The van der Waals surface area contributed by atoms with E-state index in [-0.39, 0.29) is 23.5 Å². The number of carbonyl (C=O) groups is 1. The minimum absolute atomic E-state index is 0.0327. The first kappa shape index (κ1) is 25.3. The van der Waals surface area contributed by atoms with Gasteiger partial charge < -0.3 is 4.74 Å².